The van der Waals surface area contributed by atoms with E-state index in [1.54, 1.807) is 12.4 Å². The summed E-state index contributed by atoms with van der Waals surface area (Å²) < 4.78 is 0. The van der Waals surface area contributed by atoms with Crippen molar-refractivity contribution < 1.29 is 4.79 Å². The van der Waals surface area contributed by atoms with Crippen molar-refractivity contribution in [3.05, 3.63) is 48.7 Å². The van der Waals surface area contributed by atoms with Crippen LogP contribution in [0.4, 0.5) is 0 Å². The Kier molecular flexibility index (Phi) is 4.08. The molecule has 0 amide bonds. The number of nitrogens with one attached hydrogen (secondary N) is 1. The Morgan fingerprint density at radius 1 is 1.38 bits per heavy atom. The van der Waals surface area contributed by atoms with E-state index in [9.17, 15) is 4.79 Å². The third-order valence-electron chi connectivity index (χ3n) is 3.95. The molecule has 2 aliphatic rings. The minimum Gasteiger partial charge on any atom is -0.356 e. The molecular weight excluding hydrogens is 266 g/mol. The van der Waals surface area contributed by atoms with Gasteiger partial charge in [-0.15, -0.1) is 0 Å². The van der Waals surface area contributed by atoms with E-state index in [2.05, 4.69) is 20.2 Å². The largest absolute Gasteiger partial charge is 0.356 e. The second kappa shape index (κ2) is 6.15. The first-order chi connectivity index (χ1) is 10.3. The quantitative estimate of drug-likeness (QED) is 0.785. The molecule has 1 fully saturated rings. The number of Topliss-reactive ketones (excluding diaryl/α,β-unsaturated/α-hetero) is 1. The molecule has 0 aromatic carbocycles. The molecule has 0 saturated carbocycles. The molecule has 0 spiro atoms. The summed E-state index contributed by atoms with van der Waals surface area (Å²) in [6.45, 7) is 0.794. The molecule has 1 saturated heterocycles. The number of hydrogen-bond donors (Lipinski definition) is 2. The molecule has 3 atom stereocenters. The van der Waals surface area contributed by atoms with Gasteiger partial charge in [-0.2, -0.15) is 0 Å². The molecule has 2 aliphatic heterocycles. The van der Waals surface area contributed by atoms with E-state index < -0.39 is 0 Å². The Balaban J connectivity index is 1.70. The summed E-state index contributed by atoms with van der Waals surface area (Å²) in [7, 11) is 0. The van der Waals surface area contributed by atoms with Gasteiger partial charge < -0.3 is 16.0 Å². The van der Waals surface area contributed by atoms with Crippen molar-refractivity contribution >= 4 is 5.78 Å². The number of carbonyl (C=O) groups is 1. The fraction of sp³-hybridized carbons (Fsp3) is 0.400. The summed E-state index contributed by atoms with van der Waals surface area (Å²) in [4.78, 5) is 22.6. The standard InChI is InChI=1S/C15H19N5O/c16-14-3-1-2-8-20(14)11-4-5-18-12(9-11)15(21)13-10-17-6-7-19-13/h1-3,6-8,10-12,14,18H,4-5,9,16H2. The predicted molar refractivity (Wildman–Crippen MR) is 79.3 cm³/mol. The second-order valence-corrected chi connectivity index (χ2v) is 5.30. The molecule has 6 nitrogen and oxygen atoms in total. The highest BCUT2D eigenvalue weighted by molar-refractivity contribution is 5.98. The fourth-order valence-corrected chi connectivity index (χ4v) is 2.86. The molecule has 0 aliphatic carbocycles. The van der Waals surface area contributed by atoms with Gasteiger partial charge in [0.05, 0.1) is 18.4 Å². The SMILES string of the molecule is NC1C=CC=CN1C1CCNC(C(=O)c2cnccn2)C1. The number of rotatable bonds is 3. The lowest BCUT2D eigenvalue weighted by molar-refractivity contribution is 0.0871. The highest BCUT2D eigenvalue weighted by Crippen LogP contribution is 2.21. The Hall–Kier alpha value is -2.05. The van der Waals surface area contributed by atoms with E-state index in [1.807, 2.05) is 24.4 Å². The maximum atomic E-state index is 12.5. The van der Waals surface area contributed by atoms with Crippen molar-refractivity contribution in [1.29, 1.82) is 0 Å². The first-order valence-electron chi connectivity index (χ1n) is 7.17. The first-order valence-corrected chi connectivity index (χ1v) is 7.17. The van der Waals surface area contributed by atoms with Crippen LogP contribution in [0.2, 0.25) is 0 Å². The topological polar surface area (TPSA) is 84.1 Å². The molecule has 110 valence electrons. The molecule has 0 bridgehead atoms. The number of aromatic nitrogens is 2. The second-order valence-electron chi connectivity index (χ2n) is 5.30. The van der Waals surface area contributed by atoms with E-state index in [-0.39, 0.29) is 24.0 Å². The van der Waals surface area contributed by atoms with Crippen molar-refractivity contribution in [3.63, 3.8) is 0 Å². The van der Waals surface area contributed by atoms with Gasteiger partial charge in [0, 0.05) is 24.6 Å². The highest BCUT2D eigenvalue weighted by Gasteiger charge is 2.32. The van der Waals surface area contributed by atoms with Gasteiger partial charge in [0.2, 0.25) is 0 Å². The smallest absolute Gasteiger partial charge is 0.199 e. The van der Waals surface area contributed by atoms with Gasteiger partial charge >= 0.3 is 0 Å². The molecule has 3 rings (SSSR count). The van der Waals surface area contributed by atoms with Crippen LogP contribution >= 0.6 is 0 Å². The lowest BCUT2D eigenvalue weighted by Crippen LogP contribution is -2.53. The van der Waals surface area contributed by atoms with Crippen molar-refractivity contribution in [2.75, 3.05) is 6.54 Å². The van der Waals surface area contributed by atoms with Crippen LogP contribution in [0.5, 0.6) is 0 Å². The Morgan fingerprint density at radius 2 is 2.29 bits per heavy atom. The molecule has 6 heteroatoms. The van der Waals surface area contributed by atoms with E-state index >= 15 is 0 Å². The average molecular weight is 285 g/mol. The Bertz CT molecular complexity index is 556. The van der Waals surface area contributed by atoms with Crippen LogP contribution in [0.3, 0.4) is 0 Å². The summed E-state index contributed by atoms with van der Waals surface area (Å²) in [5, 5.41) is 3.27. The van der Waals surface area contributed by atoms with Crippen molar-refractivity contribution in [2.45, 2.75) is 31.1 Å². The zero-order valence-corrected chi connectivity index (χ0v) is 11.7. The molecule has 3 N–H and O–H groups in total. The Morgan fingerprint density at radius 3 is 3.05 bits per heavy atom. The predicted octanol–water partition coefficient (Wildman–Crippen LogP) is 0.450. The summed E-state index contributed by atoms with van der Waals surface area (Å²) >= 11 is 0. The van der Waals surface area contributed by atoms with Crippen LogP contribution in [0.25, 0.3) is 0 Å². The number of allylic oxidation sites excluding steroid dienone is 2. The summed E-state index contributed by atoms with van der Waals surface area (Å²) in [5.74, 6) is -0.00194. The Labute approximate surface area is 123 Å². The van der Waals surface area contributed by atoms with Gasteiger partial charge in [0.25, 0.3) is 0 Å². The van der Waals surface area contributed by atoms with Crippen LogP contribution in [-0.4, -0.2) is 45.4 Å². The van der Waals surface area contributed by atoms with Crippen LogP contribution in [0, 0.1) is 0 Å². The van der Waals surface area contributed by atoms with Crippen molar-refractivity contribution in [3.8, 4) is 0 Å². The monoisotopic (exact) mass is 285 g/mol. The number of ketones is 1. The van der Waals surface area contributed by atoms with Gasteiger partial charge in [0.15, 0.2) is 5.78 Å². The lowest BCUT2D eigenvalue weighted by Gasteiger charge is -2.40. The molecule has 21 heavy (non-hydrogen) atoms. The van der Waals surface area contributed by atoms with Crippen LogP contribution in [0.15, 0.2) is 43.0 Å². The average Bonchev–Trinajstić information content (AvgIpc) is 2.55. The molecule has 3 unspecified atom stereocenters. The zero-order valence-electron chi connectivity index (χ0n) is 11.7. The molecule has 1 aromatic heterocycles. The number of nitrogens with two attached hydrogens (primary N) is 1. The highest BCUT2D eigenvalue weighted by atomic mass is 16.1. The maximum Gasteiger partial charge on any atom is 0.199 e. The molecule has 3 heterocycles. The van der Waals surface area contributed by atoms with Gasteiger partial charge in [-0.1, -0.05) is 6.08 Å². The summed E-state index contributed by atoms with van der Waals surface area (Å²) in [5.41, 5.74) is 6.51. The third kappa shape index (κ3) is 3.01. The van der Waals surface area contributed by atoms with Gasteiger partial charge in [-0.05, 0) is 31.5 Å². The summed E-state index contributed by atoms with van der Waals surface area (Å²) in [6, 6.07) is 0.0278. The van der Waals surface area contributed by atoms with E-state index in [4.69, 9.17) is 5.73 Å². The normalized spacial score (nSPS) is 28.6. The lowest BCUT2D eigenvalue weighted by atomic mass is 9.93. The minimum absolute atomic E-state index is 0.00194. The zero-order chi connectivity index (χ0) is 14.7. The number of piperidine rings is 1. The van der Waals surface area contributed by atoms with Crippen LogP contribution in [0.1, 0.15) is 23.3 Å². The van der Waals surface area contributed by atoms with Crippen LogP contribution in [-0.2, 0) is 0 Å². The van der Waals surface area contributed by atoms with E-state index in [1.165, 1.54) is 6.20 Å². The summed E-state index contributed by atoms with van der Waals surface area (Å²) in [6.07, 6.45) is 14.1. The number of nitrogens with zero attached hydrogens (tertiary/aromatic N) is 3. The van der Waals surface area contributed by atoms with E-state index in [0.29, 0.717) is 5.69 Å². The van der Waals surface area contributed by atoms with E-state index in [0.717, 1.165) is 19.4 Å². The molecular formula is C15H19N5O. The number of carbonyl (C=O) groups excluding carboxylic acids is 1. The third-order valence-corrected chi connectivity index (χ3v) is 3.95. The van der Waals surface area contributed by atoms with Gasteiger partial charge in [-0.25, -0.2) is 4.98 Å². The van der Waals surface area contributed by atoms with Gasteiger partial charge in [0.1, 0.15) is 5.69 Å². The molecule has 1 aromatic rings. The number of hydrogen-bond acceptors (Lipinski definition) is 6. The maximum absolute atomic E-state index is 12.5. The van der Waals surface area contributed by atoms with Crippen LogP contribution < -0.4 is 11.1 Å². The fourth-order valence-electron chi connectivity index (χ4n) is 2.86. The van der Waals surface area contributed by atoms with Gasteiger partial charge in [-0.3, -0.25) is 9.78 Å². The minimum atomic E-state index is -0.230. The van der Waals surface area contributed by atoms with Crippen molar-refractivity contribution in [1.82, 2.24) is 20.2 Å². The van der Waals surface area contributed by atoms with Crippen molar-refractivity contribution in [2.24, 2.45) is 5.73 Å². The first kappa shape index (κ1) is 13.9. The molecule has 0 radical (unpaired) electrons.